The number of amides is 5. The summed E-state index contributed by atoms with van der Waals surface area (Å²) in [5.74, 6) is -0.974. The predicted molar refractivity (Wildman–Crippen MR) is 151 cm³/mol. The molecule has 0 aliphatic rings. The summed E-state index contributed by atoms with van der Waals surface area (Å²) < 4.78 is 32.2. The minimum Gasteiger partial charge on any atom is -0.748 e. The summed E-state index contributed by atoms with van der Waals surface area (Å²) in [4.78, 5) is 74.2. The summed E-state index contributed by atoms with van der Waals surface area (Å²) in [6.45, 7) is 4.40. The smallest absolute Gasteiger partial charge is 0.321 e. The molecule has 19 heteroatoms. The van der Waals surface area contributed by atoms with Crippen molar-refractivity contribution >= 4 is 40.0 Å². The summed E-state index contributed by atoms with van der Waals surface area (Å²) in [5.41, 5.74) is 0.0582. The van der Waals surface area contributed by atoms with E-state index in [1.54, 1.807) is 18.7 Å². The number of aryl methyl sites for hydroxylation is 2. The van der Waals surface area contributed by atoms with Gasteiger partial charge in [0.15, 0.2) is 0 Å². The van der Waals surface area contributed by atoms with Gasteiger partial charge in [0.05, 0.1) is 16.7 Å². The van der Waals surface area contributed by atoms with Gasteiger partial charge in [-0.05, 0) is 33.1 Å². The van der Waals surface area contributed by atoms with Gasteiger partial charge in [-0.15, -0.1) is 0 Å². The van der Waals surface area contributed by atoms with E-state index >= 15 is 0 Å². The summed E-state index contributed by atoms with van der Waals surface area (Å²) in [5, 5.41) is 12.7. The van der Waals surface area contributed by atoms with E-state index in [0.717, 1.165) is 0 Å². The van der Waals surface area contributed by atoms with Crippen LogP contribution in [0.2, 0.25) is 0 Å². The number of hydrogen-bond acceptors (Lipinski definition) is 11. The van der Waals surface area contributed by atoms with Gasteiger partial charge < -0.3 is 20.5 Å². The lowest BCUT2D eigenvalue weighted by atomic mass is 10.3. The van der Waals surface area contributed by atoms with Gasteiger partial charge in [-0.3, -0.25) is 39.9 Å². The van der Waals surface area contributed by atoms with E-state index in [-0.39, 0.29) is 44.5 Å². The standard InChI is InChI=1S/C23H36N10O8S/c1-15-12-17(34)29-20(27-15)31-22(37)25-6-3-9-33(14-19(36)24-8-5-11-42(39,40)41)10-4-7-26-23(38)32-21-28-16(2)13-18(35)30-21/h12-13H,3-11,14H2,1-2H3,(H,24,36)(H,39,40,41)(H3,25,27,29,31,34,37)(H3,26,28,30,32,35,38)/p-1. The predicted octanol–water partition coefficient (Wildman–Crippen LogP) is -1.45. The molecule has 0 bridgehead atoms. The largest absolute Gasteiger partial charge is 0.748 e. The fraction of sp³-hybridized carbons (Fsp3) is 0.522. The van der Waals surface area contributed by atoms with Crippen LogP contribution in [0.5, 0.6) is 0 Å². The molecule has 0 aromatic carbocycles. The van der Waals surface area contributed by atoms with Gasteiger partial charge in [-0.1, -0.05) is 0 Å². The van der Waals surface area contributed by atoms with Gasteiger partial charge >= 0.3 is 12.1 Å². The van der Waals surface area contributed by atoms with Crippen molar-refractivity contribution in [3.8, 4) is 0 Å². The first-order valence-electron chi connectivity index (χ1n) is 13.0. The maximum atomic E-state index is 12.4. The molecule has 5 amide bonds. The quantitative estimate of drug-likeness (QED) is 0.0852. The molecule has 7 N–H and O–H groups in total. The van der Waals surface area contributed by atoms with Gasteiger partial charge in [0.25, 0.3) is 11.1 Å². The van der Waals surface area contributed by atoms with E-state index < -0.39 is 45.0 Å². The lowest BCUT2D eigenvalue weighted by Crippen LogP contribution is -2.41. The van der Waals surface area contributed by atoms with Crippen LogP contribution >= 0.6 is 0 Å². The molecule has 0 unspecified atom stereocenters. The highest BCUT2D eigenvalue weighted by Crippen LogP contribution is 1.98. The van der Waals surface area contributed by atoms with E-state index in [4.69, 9.17) is 0 Å². The monoisotopic (exact) mass is 611 g/mol. The Labute approximate surface area is 241 Å². The average Bonchev–Trinajstić information content (AvgIpc) is 2.85. The van der Waals surface area contributed by atoms with E-state index in [9.17, 15) is 36.9 Å². The second-order valence-electron chi connectivity index (χ2n) is 9.18. The molecule has 2 aromatic heterocycles. The lowest BCUT2D eigenvalue weighted by Gasteiger charge is -2.22. The highest BCUT2D eigenvalue weighted by Gasteiger charge is 2.12. The molecule has 0 atom stereocenters. The highest BCUT2D eigenvalue weighted by atomic mass is 32.2. The first-order chi connectivity index (χ1) is 19.8. The van der Waals surface area contributed by atoms with Crippen molar-refractivity contribution in [3.63, 3.8) is 0 Å². The van der Waals surface area contributed by atoms with Crippen molar-refractivity contribution in [1.82, 2.24) is 40.8 Å². The van der Waals surface area contributed by atoms with Crippen molar-refractivity contribution < 1.29 is 27.4 Å². The highest BCUT2D eigenvalue weighted by molar-refractivity contribution is 7.85. The minimum atomic E-state index is -4.37. The number of rotatable bonds is 16. The van der Waals surface area contributed by atoms with Gasteiger partial charge in [0.2, 0.25) is 17.8 Å². The molecule has 18 nitrogen and oxygen atoms in total. The maximum Gasteiger partial charge on any atom is 0.321 e. The van der Waals surface area contributed by atoms with Crippen molar-refractivity contribution in [2.24, 2.45) is 0 Å². The topological polar surface area (TPSA) is 263 Å². The van der Waals surface area contributed by atoms with Crippen LogP contribution in [0.3, 0.4) is 0 Å². The summed E-state index contributed by atoms with van der Waals surface area (Å²) >= 11 is 0. The van der Waals surface area contributed by atoms with Crippen LogP contribution in [0, 0.1) is 13.8 Å². The molecular formula is C23H35N10O8S-. The molecule has 232 valence electrons. The zero-order valence-corrected chi connectivity index (χ0v) is 24.1. The second kappa shape index (κ2) is 16.8. The Morgan fingerprint density at radius 2 is 1.26 bits per heavy atom. The number of H-pyrrole nitrogens is 2. The number of carbonyl (C=O) groups is 3. The van der Waals surface area contributed by atoms with Gasteiger partial charge in [0, 0.05) is 62.0 Å². The van der Waals surface area contributed by atoms with Crippen LogP contribution < -0.4 is 37.7 Å². The van der Waals surface area contributed by atoms with Gasteiger partial charge in [-0.2, -0.15) is 0 Å². The van der Waals surface area contributed by atoms with Gasteiger partial charge in [-0.25, -0.2) is 28.0 Å². The fourth-order valence-corrected chi connectivity index (χ4v) is 4.09. The molecule has 0 aliphatic carbocycles. The number of urea groups is 2. The molecule has 0 radical (unpaired) electrons. The van der Waals surface area contributed by atoms with Crippen LogP contribution in [-0.2, 0) is 14.9 Å². The Morgan fingerprint density at radius 1 is 0.810 bits per heavy atom. The Kier molecular flexibility index (Phi) is 13.5. The van der Waals surface area contributed by atoms with E-state index in [2.05, 4.69) is 46.5 Å². The van der Waals surface area contributed by atoms with Gasteiger partial charge in [0.1, 0.15) is 0 Å². The van der Waals surface area contributed by atoms with Crippen molar-refractivity contribution in [1.29, 1.82) is 0 Å². The summed E-state index contributed by atoms with van der Waals surface area (Å²) in [6, 6.07) is 1.40. The summed E-state index contributed by atoms with van der Waals surface area (Å²) in [6.07, 6.45) is 0.859. The summed E-state index contributed by atoms with van der Waals surface area (Å²) in [7, 11) is -4.37. The van der Waals surface area contributed by atoms with E-state index in [1.807, 2.05) is 0 Å². The van der Waals surface area contributed by atoms with E-state index in [1.165, 1.54) is 12.1 Å². The number of aromatic nitrogens is 4. The number of carbonyl (C=O) groups excluding carboxylic acids is 3. The third-order valence-corrected chi connectivity index (χ3v) is 6.13. The zero-order chi connectivity index (χ0) is 31.1. The molecule has 2 heterocycles. The fourth-order valence-electron chi connectivity index (χ4n) is 3.59. The van der Waals surface area contributed by atoms with Crippen molar-refractivity contribution in [3.05, 3.63) is 44.2 Å². The molecule has 0 fully saturated rings. The normalized spacial score (nSPS) is 11.1. The molecule has 0 saturated heterocycles. The number of aromatic amines is 2. The van der Waals surface area contributed by atoms with Crippen LogP contribution in [0.1, 0.15) is 30.7 Å². The van der Waals surface area contributed by atoms with Crippen molar-refractivity contribution in [2.45, 2.75) is 33.1 Å². The van der Waals surface area contributed by atoms with Crippen LogP contribution in [0.25, 0.3) is 0 Å². The average molecular weight is 612 g/mol. The lowest BCUT2D eigenvalue weighted by molar-refractivity contribution is -0.122. The Balaban J connectivity index is 1.81. The zero-order valence-electron chi connectivity index (χ0n) is 23.2. The third kappa shape index (κ3) is 14.9. The van der Waals surface area contributed by atoms with Crippen molar-refractivity contribution in [2.75, 3.05) is 55.7 Å². The molecule has 0 saturated carbocycles. The first kappa shape index (κ1) is 33.8. The first-order valence-corrected chi connectivity index (χ1v) is 14.5. The Hall–Kier alpha value is -4.36. The maximum absolute atomic E-state index is 12.4. The third-order valence-electron chi connectivity index (χ3n) is 5.34. The Morgan fingerprint density at radius 3 is 1.69 bits per heavy atom. The molecule has 0 spiro atoms. The number of nitrogens with one attached hydrogen (secondary N) is 7. The molecule has 42 heavy (non-hydrogen) atoms. The number of nitrogens with zero attached hydrogens (tertiary/aromatic N) is 3. The number of hydrogen-bond donors (Lipinski definition) is 7. The minimum absolute atomic E-state index is 0.00153. The van der Waals surface area contributed by atoms with Crippen LogP contribution in [-0.4, -0.2) is 101 Å². The molecule has 0 aliphatic heterocycles. The molecule has 2 aromatic rings. The van der Waals surface area contributed by atoms with E-state index in [0.29, 0.717) is 37.3 Å². The molecular weight excluding hydrogens is 576 g/mol. The Bertz CT molecular complexity index is 1360. The number of anilines is 2. The SMILES string of the molecule is Cc1cc(=O)[nH]c(NC(=O)NCCCN(CCCNC(=O)Nc2nc(C)cc(=O)[nH]2)CC(=O)NCCCS(=O)(=O)[O-])n1. The molecule has 2 rings (SSSR count). The van der Waals surface area contributed by atoms with Crippen LogP contribution in [0.4, 0.5) is 21.5 Å². The second-order valence-corrected chi connectivity index (χ2v) is 10.7. The van der Waals surface area contributed by atoms with Crippen LogP contribution in [0.15, 0.2) is 21.7 Å².